The first-order valence-electron chi connectivity index (χ1n) is 6.41. The van der Waals surface area contributed by atoms with Crippen LogP contribution >= 0.6 is 11.6 Å². The summed E-state index contributed by atoms with van der Waals surface area (Å²) in [6, 6.07) is 13.3. The molecule has 0 spiro atoms. The molecule has 0 bridgehead atoms. The zero-order chi connectivity index (χ0) is 14.5. The van der Waals surface area contributed by atoms with Crippen LogP contribution in [0.2, 0.25) is 5.02 Å². The third kappa shape index (κ3) is 3.44. The van der Waals surface area contributed by atoms with Gasteiger partial charge in [-0.3, -0.25) is 0 Å². The molecule has 2 aromatic carbocycles. The molecule has 0 amide bonds. The van der Waals surface area contributed by atoms with Crippen LogP contribution in [0.25, 0.3) is 0 Å². The average molecular weight is 292 g/mol. The molecule has 0 radical (unpaired) electrons. The fourth-order valence-corrected chi connectivity index (χ4v) is 2.22. The van der Waals surface area contributed by atoms with E-state index in [0.717, 1.165) is 22.6 Å². The number of aryl methyl sites for hydroxylation is 1. The number of halogens is 1. The van der Waals surface area contributed by atoms with E-state index >= 15 is 0 Å². The van der Waals surface area contributed by atoms with Gasteiger partial charge in [-0.25, -0.2) is 0 Å². The van der Waals surface area contributed by atoms with Gasteiger partial charge in [0.25, 0.3) is 0 Å². The highest BCUT2D eigenvalue weighted by molar-refractivity contribution is 6.30. The van der Waals surface area contributed by atoms with E-state index in [4.69, 9.17) is 26.8 Å². The van der Waals surface area contributed by atoms with Gasteiger partial charge in [0.05, 0.1) is 7.11 Å². The Morgan fingerprint density at radius 1 is 1.20 bits per heavy atom. The second-order valence-electron chi connectivity index (χ2n) is 4.53. The minimum atomic E-state index is -0.218. The second-order valence-corrected chi connectivity index (χ2v) is 4.97. The minimum absolute atomic E-state index is 0.218. The first-order chi connectivity index (χ1) is 9.63. The highest BCUT2D eigenvalue weighted by Gasteiger charge is 2.13. The molecule has 0 saturated heterocycles. The molecule has 2 rings (SSSR count). The van der Waals surface area contributed by atoms with Crippen LogP contribution in [0, 0.1) is 6.92 Å². The Morgan fingerprint density at radius 2 is 2.00 bits per heavy atom. The molecule has 0 aliphatic carbocycles. The van der Waals surface area contributed by atoms with Gasteiger partial charge in [0.15, 0.2) is 0 Å². The molecule has 0 aliphatic heterocycles. The third-order valence-electron chi connectivity index (χ3n) is 3.09. The van der Waals surface area contributed by atoms with Crippen molar-refractivity contribution in [3.63, 3.8) is 0 Å². The summed E-state index contributed by atoms with van der Waals surface area (Å²) >= 11 is 5.95. The molecular formula is C16H18ClNO2. The molecule has 3 nitrogen and oxygen atoms in total. The molecule has 0 saturated carbocycles. The molecule has 4 heteroatoms. The fourth-order valence-electron chi connectivity index (χ4n) is 1.99. The van der Waals surface area contributed by atoms with Crippen molar-refractivity contribution in [2.75, 3.05) is 13.7 Å². The standard InChI is InChI=1S/C16H18ClNO2/c1-11-8-13(17)6-7-15(11)20-16(10-18)12-4-3-5-14(9-12)19-2/h3-9,16H,10,18H2,1-2H3. The number of benzene rings is 2. The van der Waals surface area contributed by atoms with Crippen LogP contribution in [0.3, 0.4) is 0 Å². The van der Waals surface area contributed by atoms with Crippen LogP contribution in [0.4, 0.5) is 0 Å². The molecule has 2 N–H and O–H groups in total. The lowest BCUT2D eigenvalue weighted by atomic mass is 10.1. The van der Waals surface area contributed by atoms with Gasteiger partial charge in [0.2, 0.25) is 0 Å². The topological polar surface area (TPSA) is 44.5 Å². The van der Waals surface area contributed by atoms with E-state index in [-0.39, 0.29) is 6.10 Å². The van der Waals surface area contributed by atoms with Crippen LogP contribution in [-0.2, 0) is 0 Å². The van der Waals surface area contributed by atoms with Gasteiger partial charge < -0.3 is 15.2 Å². The third-order valence-corrected chi connectivity index (χ3v) is 3.32. The Balaban J connectivity index is 2.23. The predicted molar refractivity (Wildman–Crippen MR) is 81.6 cm³/mol. The van der Waals surface area contributed by atoms with E-state index < -0.39 is 0 Å². The maximum Gasteiger partial charge on any atom is 0.136 e. The van der Waals surface area contributed by atoms with Crippen molar-refractivity contribution in [2.45, 2.75) is 13.0 Å². The summed E-state index contributed by atoms with van der Waals surface area (Å²) in [5.74, 6) is 1.57. The van der Waals surface area contributed by atoms with Crippen molar-refractivity contribution < 1.29 is 9.47 Å². The number of nitrogens with two attached hydrogens (primary N) is 1. The Labute approximate surface area is 124 Å². The Hall–Kier alpha value is -1.71. The monoisotopic (exact) mass is 291 g/mol. The minimum Gasteiger partial charge on any atom is -0.497 e. The number of hydrogen-bond donors (Lipinski definition) is 1. The molecular weight excluding hydrogens is 274 g/mol. The van der Waals surface area contributed by atoms with Gasteiger partial charge in [0, 0.05) is 11.6 Å². The van der Waals surface area contributed by atoms with Crippen molar-refractivity contribution in [1.82, 2.24) is 0 Å². The molecule has 20 heavy (non-hydrogen) atoms. The van der Waals surface area contributed by atoms with Crippen molar-refractivity contribution in [2.24, 2.45) is 5.73 Å². The lowest BCUT2D eigenvalue weighted by Crippen LogP contribution is -2.18. The largest absolute Gasteiger partial charge is 0.497 e. The number of methoxy groups -OCH3 is 1. The summed E-state index contributed by atoms with van der Waals surface area (Å²) < 4.78 is 11.2. The van der Waals surface area contributed by atoms with Crippen LogP contribution in [0.15, 0.2) is 42.5 Å². The summed E-state index contributed by atoms with van der Waals surface area (Å²) in [5, 5.41) is 0.695. The number of ether oxygens (including phenoxy) is 2. The molecule has 0 heterocycles. The molecule has 0 aromatic heterocycles. The van der Waals surface area contributed by atoms with Crippen LogP contribution in [-0.4, -0.2) is 13.7 Å². The molecule has 1 unspecified atom stereocenters. The maximum absolute atomic E-state index is 6.00. The highest BCUT2D eigenvalue weighted by Crippen LogP contribution is 2.28. The predicted octanol–water partition coefficient (Wildman–Crippen LogP) is 3.74. The molecule has 106 valence electrons. The SMILES string of the molecule is COc1cccc(C(CN)Oc2ccc(Cl)cc2C)c1. The van der Waals surface area contributed by atoms with E-state index in [1.54, 1.807) is 7.11 Å². The van der Waals surface area contributed by atoms with E-state index in [1.807, 2.05) is 49.4 Å². The number of hydrogen-bond acceptors (Lipinski definition) is 3. The van der Waals surface area contributed by atoms with Crippen LogP contribution < -0.4 is 15.2 Å². The van der Waals surface area contributed by atoms with Crippen LogP contribution in [0.1, 0.15) is 17.2 Å². The van der Waals surface area contributed by atoms with Crippen molar-refractivity contribution in [1.29, 1.82) is 0 Å². The normalized spacial score (nSPS) is 12.0. The Bertz CT molecular complexity index is 586. The Kier molecular flexibility index (Phi) is 4.88. The summed E-state index contributed by atoms with van der Waals surface area (Å²) in [4.78, 5) is 0. The lowest BCUT2D eigenvalue weighted by Gasteiger charge is -2.20. The average Bonchev–Trinajstić information content (AvgIpc) is 2.46. The molecule has 1 atom stereocenters. The first-order valence-corrected chi connectivity index (χ1v) is 6.78. The zero-order valence-corrected chi connectivity index (χ0v) is 12.4. The van der Waals surface area contributed by atoms with E-state index in [2.05, 4.69) is 0 Å². The van der Waals surface area contributed by atoms with Crippen molar-refractivity contribution >= 4 is 11.6 Å². The smallest absolute Gasteiger partial charge is 0.136 e. The van der Waals surface area contributed by atoms with Gasteiger partial charge >= 0.3 is 0 Å². The van der Waals surface area contributed by atoms with Gasteiger partial charge in [-0.1, -0.05) is 23.7 Å². The summed E-state index contributed by atoms with van der Waals surface area (Å²) in [6.07, 6.45) is -0.218. The van der Waals surface area contributed by atoms with E-state index in [0.29, 0.717) is 11.6 Å². The van der Waals surface area contributed by atoms with Gasteiger partial charge in [-0.05, 0) is 48.4 Å². The first kappa shape index (κ1) is 14.7. The number of rotatable bonds is 5. The fraction of sp³-hybridized carbons (Fsp3) is 0.250. The lowest BCUT2D eigenvalue weighted by molar-refractivity contribution is 0.212. The van der Waals surface area contributed by atoms with Gasteiger partial charge in [-0.2, -0.15) is 0 Å². The molecule has 0 aliphatic rings. The van der Waals surface area contributed by atoms with Crippen molar-refractivity contribution in [3.8, 4) is 11.5 Å². The van der Waals surface area contributed by atoms with E-state index in [1.165, 1.54) is 0 Å². The van der Waals surface area contributed by atoms with Crippen LogP contribution in [0.5, 0.6) is 11.5 Å². The summed E-state index contributed by atoms with van der Waals surface area (Å²) in [5.41, 5.74) is 7.80. The van der Waals surface area contributed by atoms with Gasteiger partial charge in [0.1, 0.15) is 17.6 Å². The Morgan fingerprint density at radius 3 is 2.65 bits per heavy atom. The molecule has 0 fully saturated rings. The van der Waals surface area contributed by atoms with E-state index in [9.17, 15) is 0 Å². The summed E-state index contributed by atoms with van der Waals surface area (Å²) in [7, 11) is 1.64. The second kappa shape index (κ2) is 6.64. The zero-order valence-electron chi connectivity index (χ0n) is 11.6. The molecule has 2 aromatic rings. The maximum atomic E-state index is 6.00. The van der Waals surface area contributed by atoms with Gasteiger partial charge in [-0.15, -0.1) is 0 Å². The quantitative estimate of drug-likeness (QED) is 0.913. The summed E-state index contributed by atoms with van der Waals surface area (Å²) in [6.45, 7) is 2.34. The highest BCUT2D eigenvalue weighted by atomic mass is 35.5. The van der Waals surface area contributed by atoms with Crippen molar-refractivity contribution in [3.05, 3.63) is 58.6 Å².